The van der Waals surface area contributed by atoms with Gasteiger partial charge in [-0.25, -0.2) is 12.8 Å². The SMILES string of the molecule is Cc1cc(S(=O)(=O)N(C)CC(F)(F)F)cc(N)c1F. The van der Waals surface area contributed by atoms with Crippen LogP contribution < -0.4 is 5.73 Å². The van der Waals surface area contributed by atoms with Crippen molar-refractivity contribution in [1.29, 1.82) is 0 Å². The van der Waals surface area contributed by atoms with Gasteiger partial charge in [0.25, 0.3) is 0 Å². The van der Waals surface area contributed by atoms with Gasteiger partial charge in [-0.3, -0.25) is 0 Å². The van der Waals surface area contributed by atoms with E-state index in [-0.39, 0.29) is 9.87 Å². The number of nitrogen functional groups attached to an aromatic ring is 1. The summed E-state index contributed by atoms with van der Waals surface area (Å²) >= 11 is 0. The first-order valence-corrected chi connectivity index (χ1v) is 6.48. The van der Waals surface area contributed by atoms with Crippen molar-refractivity contribution in [2.75, 3.05) is 19.3 Å². The molecule has 0 unspecified atom stereocenters. The van der Waals surface area contributed by atoms with Crippen LogP contribution in [0.5, 0.6) is 0 Å². The Labute approximate surface area is 107 Å². The highest BCUT2D eigenvalue weighted by Crippen LogP contribution is 2.25. The molecule has 0 fully saturated rings. The number of benzene rings is 1. The highest BCUT2D eigenvalue weighted by Gasteiger charge is 2.35. The molecule has 0 spiro atoms. The standard InChI is InChI=1S/C10H12F4N2O2S/c1-6-3-7(4-8(15)9(6)11)19(17,18)16(2)5-10(12,13)14/h3-4H,5,15H2,1-2H3. The monoisotopic (exact) mass is 300 g/mol. The fourth-order valence-electron chi connectivity index (χ4n) is 1.43. The zero-order chi connectivity index (χ0) is 15.0. The van der Waals surface area contributed by atoms with Gasteiger partial charge in [0.15, 0.2) is 0 Å². The summed E-state index contributed by atoms with van der Waals surface area (Å²) in [6, 6.07) is 1.73. The number of halogens is 4. The maximum atomic E-state index is 13.3. The van der Waals surface area contributed by atoms with E-state index in [1.165, 1.54) is 6.92 Å². The molecule has 0 heterocycles. The number of nitrogens with two attached hydrogens (primary N) is 1. The second-order valence-corrected chi connectivity index (χ2v) is 6.06. The summed E-state index contributed by atoms with van der Waals surface area (Å²) in [4.78, 5) is -0.476. The molecule has 0 atom stereocenters. The lowest BCUT2D eigenvalue weighted by Crippen LogP contribution is -2.35. The lowest BCUT2D eigenvalue weighted by atomic mass is 10.2. The van der Waals surface area contributed by atoms with E-state index in [2.05, 4.69) is 0 Å². The summed E-state index contributed by atoms with van der Waals surface area (Å²) in [7, 11) is -3.58. The normalized spacial score (nSPS) is 13.0. The highest BCUT2D eigenvalue weighted by atomic mass is 32.2. The number of hydrogen-bond acceptors (Lipinski definition) is 3. The van der Waals surface area contributed by atoms with Gasteiger partial charge in [-0.1, -0.05) is 0 Å². The number of hydrogen-bond donors (Lipinski definition) is 1. The summed E-state index contributed by atoms with van der Waals surface area (Å²) in [6.07, 6.45) is -4.66. The second kappa shape index (κ2) is 4.97. The maximum Gasteiger partial charge on any atom is 0.402 e. The molecule has 9 heteroatoms. The number of alkyl halides is 3. The molecule has 0 aliphatic rings. The number of rotatable bonds is 3. The van der Waals surface area contributed by atoms with Crippen molar-refractivity contribution in [2.45, 2.75) is 18.0 Å². The smallest absolute Gasteiger partial charge is 0.396 e. The summed E-state index contributed by atoms with van der Waals surface area (Å²) in [5.41, 5.74) is 4.78. The Morgan fingerprint density at radius 3 is 2.26 bits per heavy atom. The van der Waals surface area contributed by atoms with Gasteiger partial charge in [-0.05, 0) is 24.6 Å². The van der Waals surface area contributed by atoms with Gasteiger partial charge in [0.2, 0.25) is 10.0 Å². The molecule has 0 aromatic heterocycles. The minimum atomic E-state index is -4.66. The van der Waals surface area contributed by atoms with Crippen molar-refractivity contribution in [1.82, 2.24) is 4.31 Å². The largest absolute Gasteiger partial charge is 0.402 e. The van der Waals surface area contributed by atoms with Gasteiger partial charge in [-0.2, -0.15) is 17.5 Å². The van der Waals surface area contributed by atoms with Crippen molar-refractivity contribution in [3.8, 4) is 0 Å². The first kappa shape index (κ1) is 15.7. The molecule has 4 nitrogen and oxygen atoms in total. The average molecular weight is 300 g/mol. The van der Waals surface area contributed by atoms with Crippen LogP contribution >= 0.6 is 0 Å². The summed E-state index contributed by atoms with van der Waals surface area (Å²) < 4.78 is 73.7. The van der Waals surface area contributed by atoms with Gasteiger partial charge in [0.05, 0.1) is 10.6 Å². The molecule has 19 heavy (non-hydrogen) atoms. The molecule has 0 aliphatic carbocycles. The molecule has 1 aromatic rings. The van der Waals surface area contributed by atoms with E-state index in [1.807, 2.05) is 0 Å². The Morgan fingerprint density at radius 1 is 1.32 bits per heavy atom. The average Bonchev–Trinajstić information content (AvgIpc) is 2.22. The summed E-state index contributed by atoms with van der Waals surface area (Å²) in [6.45, 7) is -0.361. The first-order valence-electron chi connectivity index (χ1n) is 5.04. The van der Waals surface area contributed by atoms with E-state index < -0.39 is 39.1 Å². The highest BCUT2D eigenvalue weighted by molar-refractivity contribution is 7.89. The molecule has 0 amide bonds. The summed E-state index contributed by atoms with van der Waals surface area (Å²) in [5.74, 6) is -0.794. The Morgan fingerprint density at radius 2 is 1.84 bits per heavy atom. The predicted molar refractivity (Wildman–Crippen MR) is 61.4 cm³/mol. The van der Waals surface area contributed by atoms with Crippen LogP contribution in [0.1, 0.15) is 5.56 Å². The Hall–Kier alpha value is -1.35. The molecule has 108 valence electrons. The van der Waals surface area contributed by atoms with Gasteiger partial charge in [0.1, 0.15) is 12.4 Å². The predicted octanol–water partition coefficient (Wildman–Crippen LogP) is 1.90. The lowest BCUT2D eigenvalue weighted by molar-refractivity contribution is -0.134. The van der Waals surface area contributed by atoms with E-state index in [4.69, 9.17) is 5.73 Å². The zero-order valence-electron chi connectivity index (χ0n) is 10.1. The van der Waals surface area contributed by atoms with Crippen molar-refractivity contribution in [2.24, 2.45) is 0 Å². The molecular formula is C10H12F4N2O2S. The molecular weight excluding hydrogens is 288 g/mol. The number of anilines is 1. The van der Waals surface area contributed by atoms with E-state index >= 15 is 0 Å². The van der Waals surface area contributed by atoms with Crippen LogP contribution in [0.4, 0.5) is 23.2 Å². The van der Waals surface area contributed by atoms with E-state index in [9.17, 15) is 26.0 Å². The number of aryl methyl sites for hydroxylation is 1. The molecule has 1 aromatic carbocycles. The molecule has 0 bridgehead atoms. The molecule has 1 rings (SSSR count). The van der Waals surface area contributed by atoms with Crippen LogP contribution in [-0.2, 0) is 10.0 Å². The minimum absolute atomic E-state index is 0.0565. The van der Waals surface area contributed by atoms with E-state index in [0.717, 1.165) is 19.2 Å². The fraction of sp³-hybridized carbons (Fsp3) is 0.400. The number of sulfonamides is 1. The van der Waals surface area contributed by atoms with Crippen molar-refractivity contribution >= 4 is 15.7 Å². The minimum Gasteiger partial charge on any atom is -0.396 e. The second-order valence-electron chi connectivity index (χ2n) is 4.02. The fourth-order valence-corrected chi connectivity index (χ4v) is 2.71. The van der Waals surface area contributed by atoms with Crippen LogP contribution in [0.3, 0.4) is 0 Å². The topological polar surface area (TPSA) is 63.4 Å². The van der Waals surface area contributed by atoms with Crippen LogP contribution in [-0.4, -0.2) is 32.5 Å². The van der Waals surface area contributed by atoms with Crippen LogP contribution in [0.15, 0.2) is 17.0 Å². The van der Waals surface area contributed by atoms with E-state index in [1.54, 1.807) is 0 Å². The third kappa shape index (κ3) is 3.57. The van der Waals surface area contributed by atoms with Gasteiger partial charge in [-0.15, -0.1) is 0 Å². The van der Waals surface area contributed by atoms with Crippen molar-refractivity contribution < 1.29 is 26.0 Å². The first-order chi connectivity index (χ1) is 8.45. The number of nitrogens with zero attached hydrogens (tertiary/aromatic N) is 1. The van der Waals surface area contributed by atoms with Gasteiger partial charge in [0, 0.05) is 7.05 Å². The third-order valence-corrected chi connectivity index (χ3v) is 4.15. The quantitative estimate of drug-likeness (QED) is 0.685. The Bertz CT molecular complexity index is 561. The molecule has 2 N–H and O–H groups in total. The van der Waals surface area contributed by atoms with Crippen LogP contribution in [0, 0.1) is 12.7 Å². The third-order valence-electron chi connectivity index (χ3n) is 2.37. The maximum absolute atomic E-state index is 13.3. The van der Waals surface area contributed by atoms with Gasteiger partial charge >= 0.3 is 6.18 Å². The van der Waals surface area contributed by atoms with Crippen LogP contribution in [0.25, 0.3) is 0 Å². The van der Waals surface area contributed by atoms with Crippen molar-refractivity contribution in [3.63, 3.8) is 0 Å². The molecule has 0 radical (unpaired) electrons. The molecule has 0 aliphatic heterocycles. The molecule has 0 saturated heterocycles. The van der Waals surface area contributed by atoms with Gasteiger partial charge < -0.3 is 5.73 Å². The Balaban J connectivity index is 3.21. The molecule has 0 saturated carbocycles. The Kier molecular flexibility index (Phi) is 4.11. The van der Waals surface area contributed by atoms with E-state index in [0.29, 0.717) is 0 Å². The van der Waals surface area contributed by atoms with Crippen molar-refractivity contribution in [3.05, 3.63) is 23.5 Å². The summed E-state index contributed by atoms with van der Waals surface area (Å²) in [5, 5.41) is 0. The van der Waals surface area contributed by atoms with Crippen LogP contribution in [0.2, 0.25) is 0 Å². The lowest BCUT2D eigenvalue weighted by Gasteiger charge is -2.19. The zero-order valence-corrected chi connectivity index (χ0v) is 10.9.